The van der Waals surface area contributed by atoms with Gasteiger partial charge in [-0.05, 0) is 133 Å². The van der Waals surface area contributed by atoms with Crippen LogP contribution < -0.4 is 4.90 Å². The summed E-state index contributed by atoms with van der Waals surface area (Å²) in [4.78, 5) is 2.05. The van der Waals surface area contributed by atoms with Crippen molar-refractivity contribution in [2.24, 2.45) is 0 Å². The van der Waals surface area contributed by atoms with Gasteiger partial charge in [0.15, 0.2) is 0 Å². The van der Waals surface area contributed by atoms with Crippen molar-refractivity contribution in [1.82, 2.24) is 4.57 Å². The Morgan fingerprint density at radius 1 is 0.354 bits per heavy atom. The largest absolute Gasteiger partial charge is 0.309 e. The molecule has 0 atom stereocenters. The van der Waals surface area contributed by atoms with Crippen molar-refractivity contribution < 1.29 is 4.39 Å². The van der Waals surface area contributed by atoms with E-state index in [-0.39, 0.29) is 5.82 Å². The van der Waals surface area contributed by atoms with Gasteiger partial charge in [-0.3, -0.25) is 0 Å². The van der Waals surface area contributed by atoms with Gasteiger partial charge in [0.25, 0.3) is 0 Å². The summed E-state index contributed by atoms with van der Waals surface area (Å²) in [5, 5.41) is 7.32. The van der Waals surface area contributed by atoms with E-state index in [1.807, 2.05) is 83.8 Å². The van der Waals surface area contributed by atoms with Crippen molar-refractivity contribution in [3.63, 3.8) is 0 Å². The minimum Gasteiger partial charge on any atom is -0.309 e. The molecule has 306 valence electrons. The van der Waals surface area contributed by atoms with Crippen molar-refractivity contribution in [2.45, 2.75) is 0 Å². The van der Waals surface area contributed by atoms with E-state index in [1.54, 1.807) is 6.07 Å². The lowest BCUT2D eigenvalue weighted by Crippen LogP contribution is -2.13. The molecule has 12 aromatic rings. The van der Waals surface area contributed by atoms with Crippen LogP contribution in [-0.2, 0) is 0 Å². The number of rotatable bonds is 9. The molecule has 0 bridgehead atoms. The Morgan fingerprint density at radius 2 is 0.938 bits per heavy atom. The molecule has 0 saturated carbocycles. The van der Waals surface area contributed by atoms with Crippen LogP contribution in [0.4, 0.5) is 21.5 Å². The van der Waals surface area contributed by atoms with Crippen molar-refractivity contribution in [1.29, 1.82) is 0 Å². The summed E-state index contributed by atoms with van der Waals surface area (Å²) in [7, 11) is 0. The molecule has 1 aromatic heterocycles. The zero-order valence-corrected chi connectivity index (χ0v) is 35.4. The third kappa shape index (κ3) is 6.91. The first kappa shape index (κ1) is 38.2. The van der Waals surface area contributed by atoms with E-state index in [4.69, 9.17) is 0 Å². The summed E-state index contributed by atoms with van der Waals surface area (Å²) in [5.41, 5.74) is 14.0. The first-order valence-electron chi connectivity index (χ1n) is 22.1. The Balaban J connectivity index is 0.865. The Kier molecular flexibility index (Phi) is 9.39. The van der Waals surface area contributed by atoms with E-state index in [1.165, 1.54) is 43.7 Å². The Morgan fingerprint density at radius 3 is 1.71 bits per heavy atom. The molecule has 0 spiro atoms. The van der Waals surface area contributed by atoms with Gasteiger partial charge in [0.2, 0.25) is 0 Å². The number of para-hydroxylation sites is 2. The fourth-order valence-electron chi connectivity index (χ4n) is 9.63. The normalized spacial score (nSPS) is 11.7. The Hall–Kier alpha value is -8.53. The second kappa shape index (κ2) is 16.0. The van der Waals surface area contributed by atoms with Gasteiger partial charge in [0.1, 0.15) is 5.82 Å². The highest BCUT2D eigenvalue weighted by Gasteiger charge is 2.23. The summed E-state index contributed by atoms with van der Waals surface area (Å²) in [6, 6.07) is 82.2. The molecular formula is C62H41FN2. The molecule has 0 amide bonds. The standard InChI is InChI=1S/C62H41FN2/c63-57-40-52(44-14-5-1-6-15-44)39-56(46-16-7-2-8-17-46)62(57)64(53-19-9-3-10-20-53)55-35-34-48-36-43(28-31-49(48)38-55)25-24-42-26-29-45(30-27-42)51-37-50-33-32-47-18-13-23-58-60(47)61(50)59(41-51)65(58)54-21-11-4-12-22-54/h1-41H/b25-24+. The molecule has 0 fully saturated rings. The van der Waals surface area contributed by atoms with Crippen LogP contribution in [0.25, 0.3) is 94.6 Å². The molecule has 0 aliphatic carbocycles. The number of halogens is 1. The van der Waals surface area contributed by atoms with E-state index < -0.39 is 0 Å². The minimum absolute atomic E-state index is 0.291. The molecule has 1 heterocycles. The molecule has 2 nitrogen and oxygen atoms in total. The molecule has 0 saturated heterocycles. The average Bonchev–Trinajstić information content (AvgIpc) is 3.72. The number of benzene rings is 11. The maximum atomic E-state index is 16.9. The molecule has 12 rings (SSSR count). The van der Waals surface area contributed by atoms with Crippen LogP contribution in [0, 0.1) is 5.82 Å². The van der Waals surface area contributed by atoms with Crippen LogP contribution in [0.2, 0.25) is 0 Å². The molecular weight excluding hydrogens is 792 g/mol. The summed E-state index contributed by atoms with van der Waals surface area (Å²) in [5.74, 6) is -0.291. The monoisotopic (exact) mass is 832 g/mol. The van der Waals surface area contributed by atoms with Crippen LogP contribution in [0.5, 0.6) is 0 Å². The highest BCUT2D eigenvalue weighted by atomic mass is 19.1. The third-order valence-corrected chi connectivity index (χ3v) is 12.7. The fraction of sp³-hybridized carbons (Fsp3) is 0. The quantitative estimate of drug-likeness (QED) is 0.104. The van der Waals surface area contributed by atoms with Crippen molar-refractivity contribution in [3.8, 4) is 39.1 Å². The van der Waals surface area contributed by atoms with Crippen LogP contribution in [0.15, 0.2) is 237 Å². The van der Waals surface area contributed by atoms with Gasteiger partial charge in [-0.1, -0.05) is 176 Å². The lowest BCUT2D eigenvalue weighted by atomic mass is 9.95. The Bertz CT molecular complexity index is 3690. The topological polar surface area (TPSA) is 8.17 Å². The van der Waals surface area contributed by atoms with Gasteiger partial charge in [-0.15, -0.1) is 0 Å². The number of hydrogen-bond donors (Lipinski definition) is 0. The maximum absolute atomic E-state index is 16.9. The molecule has 3 heteroatoms. The molecule has 0 unspecified atom stereocenters. The zero-order valence-electron chi connectivity index (χ0n) is 35.4. The van der Waals surface area contributed by atoms with Crippen LogP contribution in [0.1, 0.15) is 11.1 Å². The number of hydrogen-bond acceptors (Lipinski definition) is 1. The number of anilines is 3. The molecule has 0 aliphatic rings. The molecule has 11 aromatic carbocycles. The SMILES string of the molecule is Fc1cc(-c2ccccc2)cc(-c2ccccc2)c1N(c1ccccc1)c1ccc2cc(/C=C/c3ccc(-c4cc5ccc6cccc7c6c5c(c4)n7-c4ccccc4)cc3)ccc2c1. The van der Waals surface area contributed by atoms with Crippen molar-refractivity contribution in [3.05, 3.63) is 254 Å². The number of aromatic nitrogens is 1. The number of fused-ring (bicyclic) bond motifs is 1. The van der Waals surface area contributed by atoms with Gasteiger partial charge in [-0.2, -0.15) is 0 Å². The summed E-state index contributed by atoms with van der Waals surface area (Å²) < 4.78 is 19.4. The molecule has 0 N–H and O–H groups in total. The molecule has 65 heavy (non-hydrogen) atoms. The summed E-state index contributed by atoms with van der Waals surface area (Å²) in [6.45, 7) is 0. The molecule has 0 aliphatic heterocycles. The van der Waals surface area contributed by atoms with Gasteiger partial charge in [-0.25, -0.2) is 4.39 Å². The summed E-state index contributed by atoms with van der Waals surface area (Å²) in [6.07, 6.45) is 4.35. The van der Waals surface area contributed by atoms with Crippen LogP contribution in [0.3, 0.4) is 0 Å². The predicted molar refractivity (Wildman–Crippen MR) is 273 cm³/mol. The second-order valence-electron chi connectivity index (χ2n) is 16.7. The first-order chi connectivity index (χ1) is 32.1. The van der Waals surface area contributed by atoms with Crippen molar-refractivity contribution >= 4 is 72.6 Å². The second-order valence-corrected chi connectivity index (χ2v) is 16.7. The van der Waals surface area contributed by atoms with Gasteiger partial charge in [0, 0.05) is 33.4 Å². The first-order valence-corrected chi connectivity index (χ1v) is 22.1. The van der Waals surface area contributed by atoms with Gasteiger partial charge < -0.3 is 9.47 Å². The van der Waals surface area contributed by atoms with E-state index >= 15 is 4.39 Å². The molecule has 0 radical (unpaired) electrons. The lowest BCUT2D eigenvalue weighted by Gasteiger charge is -2.29. The van der Waals surface area contributed by atoms with E-state index in [9.17, 15) is 0 Å². The van der Waals surface area contributed by atoms with Gasteiger partial charge in [0.05, 0.1) is 16.7 Å². The van der Waals surface area contributed by atoms with Crippen molar-refractivity contribution in [2.75, 3.05) is 4.90 Å². The van der Waals surface area contributed by atoms with E-state index in [0.29, 0.717) is 5.69 Å². The number of nitrogens with zero attached hydrogens (tertiary/aromatic N) is 2. The Labute approximate surface area is 377 Å². The minimum atomic E-state index is -0.291. The van der Waals surface area contributed by atoms with Crippen LogP contribution in [-0.4, -0.2) is 4.57 Å². The van der Waals surface area contributed by atoms with E-state index in [2.05, 4.69) is 168 Å². The van der Waals surface area contributed by atoms with E-state index in [0.717, 1.165) is 61.2 Å². The highest BCUT2D eigenvalue weighted by Crippen LogP contribution is 2.46. The summed E-state index contributed by atoms with van der Waals surface area (Å²) >= 11 is 0. The zero-order chi connectivity index (χ0) is 43.3. The fourth-order valence-corrected chi connectivity index (χ4v) is 9.63. The van der Waals surface area contributed by atoms with Crippen LogP contribution >= 0.6 is 0 Å². The highest BCUT2D eigenvalue weighted by molar-refractivity contribution is 6.25. The smallest absolute Gasteiger partial charge is 0.148 e. The maximum Gasteiger partial charge on any atom is 0.148 e. The third-order valence-electron chi connectivity index (χ3n) is 12.7. The predicted octanol–water partition coefficient (Wildman–Crippen LogP) is 17.3. The van der Waals surface area contributed by atoms with Gasteiger partial charge >= 0.3 is 0 Å². The average molecular weight is 833 g/mol. The lowest BCUT2D eigenvalue weighted by molar-refractivity contribution is 0.630.